The lowest BCUT2D eigenvalue weighted by Crippen LogP contribution is -2.28. The minimum atomic E-state index is -0.0235. The summed E-state index contributed by atoms with van der Waals surface area (Å²) in [5.74, 6) is 1.80. The molecule has 0 unspecified atom stereocenters. The highest BCUT2D eigenvalue weighted by atomic mass is 16.5. The molecule has 0 N–H and O–H groups in total. The van der Waals surface area contributed by atoms with Crippen LogP contribution >= 0.6 is 0 Å². The van der Waals surface area contributed by atoms with Crippen LogP contribution in [0.2, 0.25) is 0 Å². The van der Waals surface area contributed by atoms with Crippen molar-refractivity contribution in [3.63, 3.8) is 0 Å². The molecule has 4 rings (SSSR count). The summed E-state index contributed by atoms with van der Waals surface area (Å²) in [7, 11) is 3.14. The number of carbonyl (C=O) groups is 1. The van der Waals surface area contributed by atoms with Gasteiger partial charge in [-0.1, -0.05) is 60.7 Å². The highest BCUT2D eigenvalue weighted by molar-refractivity contribution is 5.96. The van der Waals surface area contributed by atoms with E-state index in [-0.39, 0.29) is 5.91 Å². The number of methoxy groups -OCH3 is 2. The van der Waals surface area contributed by atoms with Gasteiger partial charge >= 0.3 is 0 Å². The standard InChI is InChI=1S/C26H27NO4/c1-29-23-15-22(16-24(30-2)25(23)31-18-19-9-5-3-6-10-19)26(28)27-14-13-21(17-27)20-11-7-4-8-12-20/h3-12,15-16,21H,13-14,17-18H2,1-2H3/t21-/m1/s1. The third kappa shape index (κ3) is 4.66. The molecule has 0 saturated carbocycles. The predicted octanol–water partition coefficient (Wildman–Crippen LogP) is 4.91. The van der Waals surface area contributed by atoms with E-state index in [1.807, 2.05) is 53.4 Å². The number of hydrogen-bond donors (Lipinski definition) is 0. The molecular weight excluding hydrogens is 390 g/mol. The first-order chi connectivity index (χ1) is 15.2. The number of amides is 1. The Hall–Kier alpha value is -3.47. The molecule has 3 aromatic carbocycles. The Morgan fingerprint density at radius 1 is 0.935 bits per heavy atom. The normalized spacial score (nSPS) is 15.5. The van der Waals surface area contributed by atoms with Gasteiger partial charge in [-0.2, -0.15) is 0 Å². The van der Waals surface area contributed by atoms with Crippen LogP contribution in [0.4, 0.5) is 0 Å². The zero-order valence-corrected chi connectivity index (χ0v) is 17.9. The van der Waals surface area contributed by atoms with Crippen molar-refractivity contribution in [3.05, 3.63) is 89.5 Å². The maximum absolute atomic E-state index is 13.2. The van der Waals surface area contributed by atoms with E-state index in [4.69, 9.17) is 14.2 Å². The van der Waals surface area contributed by atoms with Gasteiger partial charge in [-0.15, -0.1) is 0 Å². The molecule has 1 fully saturated rings. The zero-order valence-electron chi connectivity index (χ0n) is 17.9. The van der Waals surface area contributed by atoms with Crippen LogP contribution < -0.4 is 14.2 Å². The summed E-state index contributed by atoms with van der Waals surface area (Å²) >= 11 is 0. The highest BCUT2D eigenvalue weighted by Crippen LogP contribution is 2.40. The van der Waals surface area contributed by atoms with Crippen molar-refractivity contribution < 1.29 is 19.0 Å². The third-order valence-electron chi connectivity index (χ3n) is 5.68. The fraction of sp³-hybridized carbons (Fsp3) is 0.269. The van der Waals surface area contributed by atoms with Crippen LogP contribution in [0.25, 0.3) is 0 Å². The van der Waals surface area contributed by atoms with Gasteiger partial charge in [-0.05, 0) is 29.7 Å². The van der Waals surface area contributed by atoms with Gasteiger partial charge < -0.3 is 19.1 Å². The summed E-state index contributed by atoms with van der Waals surface area (Å²) in [6.07, 6.45) is 0.961. The van der Waals surface area contributed by atoms with E-state index in [1.165, 1.54) is 5.56 Å². The van der Waals surface area contributed by atoms with Crippen LogP contribution in [0.15, 0.2) is 72.8 Å². The Bertz CT molecular complexity index is 995. The average molecular weight is 418 g/mol. The summed E-state index contributed by atoms with van der Waals surface area (Å²) in [4.78, 5) is 15.1. The molecule has 1 saturated heterocycles. The maximum Gasteiger partial charge on any atom is 0.254 e. The van der Waals surface area contributed by atoms with Gasteiger partial charge in [0.1, 0.15) is 6.61 Å². The van der Waals surface area contributed by atoms with Gasteiger partial charge in [0.05, 0.1) is 14.2 Å². The fourth-order valence-electron chi connectivity index (χ4n) is 4.00. The Labute approximate surface area is 183 Å². The van der Waals surface area contributed by atoms with Crippen LogP contribution in [-0.4, -0.2) is 38.1 Å². The SMILES string of the molecule is COc1cc(C(=O)N2CC[C@@H](c3ccccc3)C2)cc(OC)c1OCc1ccccc1. The summed E-state index contributed by atoms with van der Waals surface area (Å²) in [6.45, 7) is 1.82. The molecule has 1 heterocycles. The molecule has 0 aromatic heterocycles. The molecule has 0 aliphatic carbocycles. The lowest BCUT2D eigenvalue weighted by Gasteiger charge is -2.20. The Kier molecular flexibility index (Phi) is 6.41. The lowest BCUT2D eigenvalue weighted by molar-refractivity contribution is 0.0790. The van der Waals surface area contributed by atoms with Gasteiger partial charge in [0.25, 0.3) is 5.91 Å². The topological polar surface area (TPSA) is 48.0 Å². The number of likely N-dealkylation sites (tertiary alicyclic amines) is 1. The number of ether oxygens (including phenoxy) is 3. The van der Waals surface area contributed by atoms with E-state index in [2.05, 4.69) is 12.1 Å². The van der Waals surface area contributed by atoms with Gasteiger partial charge in [-0.25, -0.2) is 0 Å². The monoisotopic (exact) mass is 417 g/mol. The molecule has 1 amide bonds. The first-order valence-electron chi connectivity index (χ1n) is 10.5. The first-order valence-corrected chi connectivity index (χ1v) is 10.5. The number of benzene rings is 3. The Morgan fingerprint density at radius 2 is 1.55 bits per heavy atom. The molecule has 5 heteroatoms. The molecule has 1 aliphatic heterocycles. The first kappa shape index (κ1) is 20.8. The van der Waals surface area contributed by atoms with Gasteiger partial charge in [0, 0.05) is 24.6 Å². The molecule has 0 bridgehead atoms. The van der Waals surface area contributed by atoms with E-state index in [0.717, 1.165) is 18.5 Å². The quantitative estimate of drug-likeness (QED) is 0.548. The van der Waals surface area contributed by atoms with Crippen molar-refractivity contribution >= 4 is 5.91 Å². The second kappa shape index (κ2) is 9.56. The lowest BCUT2D eigenvalue weighted by atomic mass is 9.99. The minimum Gasteiger partial charge on any atom is -0.493 e. The second-order valence-electron chi connectivity index (χ2n) is 7.63. The molecule has 160 valence electrons. The fourth-order valence-corrected chi connectivity index (χ4v) is 4.00. The zero-order chi connectivity index (χ0) is 21.6. The van der Waals surface area contributed by atoms with Crippen LogP contribution in [0.1, 0.15) is 33.8 Å². The predicted molar refractivity (Wildman–Crippen MR) is 120 cm³/mol. The summed E-state index contributed by atoms with van der Waals surface area (Å²) < 4.78 is 17.1. The van der Waals surface area contributed by atoms with Crippen LogP contribution in [0.3, 0.4) is 0 Å². The number of carbonyl (C=O) groups excluding carboxylic acids is 1. The molecule has 1 aliphatic rings. The molecule has 0 spiro atoms. The highest BCUT2D eigenvalue weighted by Gasteiger charge is 2.29. The van der Waals surface area contributed by atoms with E-state index in [0.29, 0.717) is 41.9 Å². The third-order valence-corrected chi connectivity index (χ3v) is 5.68. The van der Waals surface area contributed by atoms with Crippen molar-refractivity contribution in [2.75, 3.05) is 27.3 Å². The summed E-state index contributed by atoms with van der Waals surface area (Å²) in [5.41, 5.74) is 2.85. The minimum absolute atomic E-state index is 0.0235. The van der Waals surface area contributed by atoms with E-state index < -0.39 is 0 Å². The Balaban J connectivity index is 1.52. The average Bonchev–Trinajstić information content (AvgIpc) is 3.33. The number of hydrogen-bond acceptors (Lipinski definition) is 4. The van der Waals surface area contributed by atoms with Gasteiger partial charge in [0.15, 0.2) is 11.5 Å². The molecular formula is C26H27NO4. The maximum atomic E-state index is 13.2. The van der Waals surface area contributed by atoms with E-state index >= 15 is 0 Å². The molecule has 1 atom stereocenters. The molecule has 3 aromatic rings. The van der Waals surface area contributed by atoms with Crippen LogP contribution in [-0.2, 0) is 6.61 Å². The van der Waals surface area contributed by atoms with E-state index in [1.54, 1.807) is 26.4 Å². The smallest absolute Gasteiger partial charge is 0.254 e. The second-order valence-corrected chi connectivity index (χ2v) is 7.63. The van der Waals surface area contributed by atoms with Crippen LogP contribution in [0, 0.1) is 0 Å². The largest absolute Gasteiger partial charge is 0.493 e. The number of rotatable bonds is 7. The van der Waals surface area contributed by atoms with Gasteiger partial charge in [0.2, 0.25) is 5.75 Å². The van der Waals surface area contributed by atoms with Crippen molar-refractivity contribution in [3.8, 4) is 17.2 Å². The Morgan fingerprint density at radius 3 is 2.16 bits per heavy atom. The van der Waals surface area contributed by atoms with Crippen molar-refractivity contribution in [2.24, 2.45) is 0 Å². The van der Waals surface area contributed by atoms with Crippen molar-refractivity contribution in [2.45, 2.75) is 18.9 Å². The number of nitrogens with zero attached hydrogens (tertiary/aromatic N) is 1. The van der Waals surface area contributed by atoms with E-state index in [9.17, 15) is 4.79 Å². The molecule has 31 heavy (non-hydrogen) atoms. The van der Waals surface area contributed by atoms with Crippen molar-refractivity contribution in [1.29, 1.82) is 0 Å². The van der Waals surface area contributed by atoms with Gasteiger partial charge in [-0.3, -0.25) is 4.79 Å². The molecule has 0 radical (unpaired) electrons. The summed E-state index contributed by atoms with van der Waals surface area (Å²) in [6, 6.07) is 23.7. The summed E-state index contributed by atoms with van der Waals surface area (Å²) in [5, 5.41) is 0. The van der Waals surface area contributed by atoms with Crippen molar-refractivity contribution in [1.82, 2.24) is 4.90 Å². The molecule has 5 nitrogen and oxygen atoms in total. The van der Waals surface area contributed by atoms with Crippen LogP contribution in [0.5, 0.6) is 17.2 Å².